The molecule has 1 aliphatic rings. The second-order valence-electron chi connectivity index (χ2n) is 6.31. The topological polar surface area (TPSA) is 49.4 Å². The number of anilines is 1. The Labute approximate surface area is 154 Å². The van der Waals surface area contributed by atoms with Crippen LogP contribution in [0.1, 0.15) is 11.5 Å². The molecule has 1 heterocycles. The van der Waals surface area contributed by atoms with E-state index in [-0.39, 0.29) is 12.1 Å². The Morgan fingerprint density at radius 2 is 1.57 bits per heavy atom. The van der Waals surface area contributed by atoms with Gasteiger partial charge in [0.15, 0.2) is 34.9 Å². The standard InChI is InChI=1S/C18H12F6N2O2/c1-26-6-8(7-4-10(20)14(22)11(21)5-7)13(18(26)28)17(27)25-12-3-2-9(19)15(23)16(12)24/h2-5,8,13H,6H2,1H3,(H,25,27)/t8-,13+/m1/s1. The summed E-state index contributed by atoms with van der Waals surface area (Å²) in [5, 5.41) is 1.98. The minimum atomic E-state index is -1.81. The van der Waals surface area contributed by atoms with Crippen molar-refractivity contribution in [3.05, 3.63) is 64.7 Å². The smallest absolute Gasteiger partial charge is 0.237 e. The molecule has 0 radical (unpaired) electrons. The lowest BCUT2D eigenvalue weighted by atomic mass is 9.87. The fraction of sp³-hybridized carbons (Fsp3) is 0.222. The maximum Gasteiger partial charge on any atom is 0.237 e. The highest BCUT2D eigenvalue weighted by atomic mass is 19.2. The van der Waals surface area contributed by atoms with E-state index in [9.17, 15) is 35.9 Å². The van der Waals surface area contributed by atoms with Crippen molar-refractivity contribution in [2.45, 2.75) is 5.92 Å². The fourth-order valence-corrected chi connectivity index (χ4v) is 3.11. The van der Waals surface area contributed by atoms with Crippen LogP contribution in [-0.2, 0) is 9.59 Å². The number of benzene rings is 2. The molecule has 0 saturated carbocycles. The van der Waals surface area contributed by atoms with Gasteiger partial charge in [-0.1, -0.05) is 0 Å². The molecule has 0 bridgehead atoms. The van der Waals surface area contributed by atoms with Crippen LogP contribution in [0.25, 0.3) is 0 Å². The third-order valence-electron chi connectivity index (χ3n) is 4.53. The number of carbonyl (C=O) groups excluding carboxylic acids is 2. The predicted molar refractivity (Wildman–Crippen MR) is 85.1 cm³/mol. The van der Waals surface area contributed by atoms with Crippen LogP contribution in [0.4, 0.5) is 32.0 Å². The summed E-state index contributed by atoms with van der Waals surface area (Å²) in [6.07, 6.45) is 0. The van der Waals surface area contributed by atoms with Crippen molar-refractivity contribution in [1.29, 1.82) is 0 Å². The number of amides is 2. The lowest BCUT2D eigenvalue weighted by Crippen LogP contribution is -2.33. The maximum absolute atomic E-state index is 13.8. The van der Waals surface area contributed by atoms with Gasteiger partial charge in [-0.15, -0.1) is 0 Å². The van der Waals surface area contributed by atoms with Gasteiger partial charge in [0, 0.05) is 19.5 Å². The van der Waals surface area contributed by atoms with Gasteiger partial charge in [0.2, 0.25) is 11.8 Å². The predicted octanol–water partition coefficient (Wildman–Crippen LogP) is 3.33. The fourth-order valence-electron chi connectivity index (χ4n) is 3.11. The summed E-state index contributed by atoms with van der Waals surface area (Å²) in [6.45, 7) is -0.123. The lowest BCUT2D eigenvalue weighted by Gasteiger charge is -2.17. The summed E-state index contributed by atoms with van der Waals surface area (Å²) < 4.78 is 80.4. The molecule has 0 aromatic heterocycles. The Balaban J connectivity index is 1.95. The number of rotatable bonds is 3. The normalized spacial score (nSPS) is 19.2. The average Bonchev–Trinajstić information content (AvgIpc) is 2.94. The molecule has 3 rings (SSSR count). The minimum Gasteiger partial charge on any atom is -0.344 e. The highest BCUT2D eigenvalue weighted by Crippen LogP contribution is 2.35. The maximum atomic E-state index is 13.8. The quantitative estimate of drug-likeness (QED) is 0.487. The molecule has 10 heteroatoms. The number of nitrogens with zero attached hydrogens (tertiary/aromatic N) is 1. The number of hydrogen-bond acceptors (Lipinski definition) is 2. The summed E-state index contributed by atoms with van der Waals surface area (Å²) in [6, 6.07) is 2.67. The number of nitrogens with one attached hydrogen (secondary N) is 1. The zero-order valence-corrected chi connectivity index (χ0v) is 14.2. The van der Waals surface area contributed by atoms with Crippen LogP contribution in [0.2, 0.25) is 0 Å². The van der Waals surface area contributed by atoms with Gasteiger partial charge >= 0.3 is 0 Å². The van der Waals surface area contributed by atoms with Crippen molar-refractivity contribution in [3.63, 3.8) is 0 Å². The van der Waals surface area contributed by atoms with Gasteiger partial charge in [0.25, 0.3) is 0 Å². The molecular weight excluding hydrogens is 390 g/mol. The van der Waals surface area contributed by atoms with Crippen molar-refractivity contribution >= 4 is 17.5 Å². The van der Waals surface area contributed by atoms with Crippen LogP contribution in [0, 0.1) is 40.8 Å². The van der Waals surface area contributed by atoms with Crippen molar-refractivity contribution < 1.29 is 35.9 Å². The third kappa shape index (κ3) is 3.30. The number of carbonyl (C=O) groups is 2. The molecule has 2 amide bonds. The van der Waals surface area contributed by atoms with Crippen LogP contribution in [0.3, 0.4) is 0 Å². The monoisotopic (exact) mass is 402 g/mol. The average molecular weight is 402 g/mol. The molecule has 148 valence electrons. The second kappa shape index (κ2) is 7.17. The van der Waals surface area contributed by atoms with Crippen LogP contribution in [-0.4, -0.2) is 30.3 Å². The first-order valence-corrected chi connectivity index (χ1v) is 7.95. The molecule has 1 fully saturated rings. The van der Waals surface area contributed by atoms with Gasteiger partial charge in [0.05, 0.1) is 5.69 Å². The number of halogens is 6. The molecule has 1 N–H and O–H groups in total. The Morgan fingerprint density at radius 3 is 2.18 bits per heavy atom. The highest BCUT2D eigenvalue weighted by Gasteiger charge is 2.45. The zero-order chi connectivity index (χ0) is 20.7. The molecular formula is C18H12F6N2O2. The summed E-state index contributed by atoms with van der Waals surface area (Å²) in [4.78, 5) is 26.0. The first-order valence-electron chi connectivity index (χ1n) is 7.95. The number of likely N-dealkylation sites (N-methyl/N-ethyl adjacent to an activating group) is 1. The van der Waals surface area contributed by atoms with Gasteiger partial charge in [-0.05, 0) is 29.8 Å². The Kier molecular flexibility index (Phi) is 5.05. The van der Waals surface area contributed by atoms with Gasteiger partial charge in [-0.3, -0.25) is 9.59 Å². The molecule has 28 heavy (non-hydrogen) atoms. The largest absolute Gasteiger partial charge is 0.344 e. The van der Waals surface area contributed by atoms with E-state index in [1.165, 1.54) is 7.05 Å². The second-order valence-corrected chi connectivity index (χ2v) is 6.31. The number of likely N-dealkylation sites (tertiary alicyclic amines) is 1. The van der Waals surface area contributed by atoms with E-state index >= 15 is 0 Å². The van der Waals surface area contributed by atoms with Crippen molar-refractivity contribution in [2.75, 3.05) is 18.9 Å². The summed E-state index contributed by atoms with van der Waals surface area (Å²) in [5.41, 5.74) is -0.860. The first-order chi connectivity index (χ1) is 13.1. The van der Waals surface area contributed by atoms with Crippen LogP contribution in [0.15, 0.2) is 24.3 Å². The van der Waals surface area contributed by atoms with E-state index < -0.39 is 64.2 Å². The van der Waals surface area contributed by atoms with E-state index in [0.717, 1.165) is 11.0 Å². The van der Waals surface area contributed by atoms with E-state index in [2.05, 4.69) is 0 Å². The molecule has 1 aliphatic heterocycles. The zero-order valence-electron chi connectivity index (χ0n) is 14.2. The SMILES string of the molecule is CN1C[C@H](c2cc(F)c(F)c(F)c2)[C@@H](C(=O)Nc2ccc(F)c(F)c2F)C1=O. The number of hydrogen-bond donors (Lipinski definition) is 1. The molecule has 1 saturated heterocycles. The molecule has 4 nitrogen and oxygen atoms in total. The minimum absolute atomic E-state index is 0.123. The Morgan fingerprint density at radius 1 is 0.964 bits per heavy atom. The molecule has 0 spiro atoms. The molecule has 2 aromatic carbocycles. The van der Waals surface area contributed by atoms with E-state index in [1.807, 2.05) is 5.32 Å². The summed E-state index contributed by atoms with van der Waals surface area (Å²) in [7, 11) is 1.33. The Hall–Kier alpha value is -3.04. The highest BCUT2D eigenvalue weighted by molar-refractivity contribution is 6.08. The van der Waals surface area contributed by atoms with Gasteiger partial charge in [0.1, 0.15) is 5.92 Å². The summed E-state index contributed by atoms with van der Waals surface area (Å²) in [5.74, 6) is -14.1. The molecule has 2 aromatic rings. The molecule has 0 unspecified atom stereocenters. The van der Waals surface area contributed by atoms with Crippen LogP contribution in [0.5, 0.6) is 0 Å². The van der Waals surface area contributed by atoms with E-state index in [1.54, 1.807) is 0 Å². The molecule has 0 aliphatic carbocycles. The van der Waals surface area contributed by atoms with Gasteiger partial charge in [-0.25, -0.2) is 26.3 Å². The third-order valence-corrected chi connectivity index (χ3v) is 4.53. The summed E-state index contributed by atoms with van der Waals surface area (Å²) >= 11 is 0. The van der Waals surface area contributed by atoms with E-state index in [4.69, 9.17) is 0 Å². The van der Waals surface area contributed by atoms with E-state index in [0.29, 0.717) is 18.2 Å². The lowest BCUT2D eigenvalue weighted by molar-refractivity contribution is -0.135. The first kappa shape index (κ1) is 19.7. The van der Waals surface area contributed by atoms with Crippen molar-refractivity contribution in [1.82, 2.24) is 4.90 Å². The van der Waals surface area contributed by atoms with Gasteiger partial charge in [-0.2, -0.15) is 0 Å². The molecule has 2 atom stereocenters. The van der Waals surface area contributed by atoms with Crippen molar-refractivity contribution in [2.24, 2.45) is 5.92 Å². The van der Waals surface area contributed by atoms with Crippen molar-refractivity contribution in [3.8, 4) is 0 Å². The van der Waals surface area contributed by atoms with Crippen LogP contribution >= 0.6 is 0 Å². The van der Waals surface area contributed by atoms with Crippen LogP contribution < -0.4 is 5.32 Å². The van der Waals surface area contributed by atoms with Gasteiger partial charge < -0.3 is 10.2 Å². The Bertz CT molecular complexity index is 958.